The van der Waals surface area contributed by atoms with Gasteiger partial charge in [0.25, 0.3) is 5.56 Å². The largest absolute Gasteiger partial charge is 0.324 e. The lowest BCUT2D eigenvalue weighted by molar-refractivity contribution is -0.117. The van der Waals surface area contributed by atoms with Crippen LogP contribution in [-0.2, 0) is 11.3 Å². The molecular formula is C24H22N6O2. The lowest BCUT2D eigenvalue weighted by Crippen LogP contribution is -2.32. The van der Waals surface area contributed by atoms with E-state index in [9.17, 15) is 9.59 Å². The molecule has 0 bridgehead atoms. The number of hydrogen-bond acceptors (Lipinski definition) is 4. The molecule has 0 atom stereocenters. The van der Waals surface area contributed by atoms with Crippen molar-refractivity contribution in [1.29, 1.82) is 0 Å². The van der Waals surface area contributed by atoms with Crippen molar-refractivity contribution in [3.63, 3.8) is 0 Å². The molecule has 3 heterocycles. The van der Waals surface area contributed by atoms with E-state index in [-0.39, 0.29) is 23.9 Å². The predicted octanol–water partition coefficient (Wildman–Crippen LogP) is 3.80. The molecule has 0 spiro atoms. The van der Waals surface area contributed by atoms with Gasteiger partial charge in [-0.3, -0.25) is 19.1 Å². The summed E-state index contributed by atoms with van der Waals surface area (Å²) in [5, 5.41) is 15.2. The molecule has 8 nitrogen and oxygen atoms in total. The smallest absolute Gasteiger partial charge is 0.291 e. The molecule has 5 rings (SSSR count). The van der Waals surface area contributed by atoms with Crippen molar-refractivity contribution in [3.8, 4) is 11.1 Å². The number of rotatable bonds is 5. The summed E-state index contributed by atoms with van der Waals surface area (Å²) in [6, 6.07) is 17.2. The average molecular weight is 426 g/mol. The maximum absolute atomic E-state index is 13.2. The van der Waals surface area contributed by atoms with E-state index in [1.165, 1.54) is 4.68 Å². The summed E-state index contributed by atoms with van der Waals surface area (Å²) in [6.45, 7) is 3.85. The third-order valence-electron chi connectivity index (χ3n) is 5.39. The van der Waals surface area contributed by atoms with Gasteiger partial charge in [-0.15, -0.1) is 0 Å². The minimum atomic E-state index is -0.327. The van der Waals surface area contributed by atoms with E-state index in [0.29, 0.717) is 17.0 Å². The van der Waals surface area contributed by atoms with E-state index >= 15 is 0 Å². The topological polar surface area (TPSA) is 97.1 Å². The highest BCUT2D eigenvalue weighted by atomic mass is 16.2. The van der Waals surface area contributed by atoms with Crippen LogP contribution in [0.15, 0.2) is 71.8 Å². The monoisotopic (exact) mass is 426 g/mol. The standard InChI is InChI=1S/C24H22N6O2/c1-15(2)23-28-30(14-22(31)26-19-9-8-17-12-25-27-20(17)11-19)24(32)21-10-18(13-29(21)23)16-6-4-3-5-7-16/h3-13,15H,14H2,1-2H3,(H,25,27)(H,26,31). The van der Waals surface area contributed by atoms with Crippen LogP contribution < -0.4 is 10.9 Å². The molecule has 0 radical (unpaired) electrons. The molecule has 0 fully saturated rings. The average Bonchev–Trinajstić information content (AvgIpc) is 3.43. The molecule has 0 aliphatic heterocycles. The number of aromatic amines is 1. The summed E-state index contributed by atoms with van der Waals surface area (Å²) >= 11 is 0. The maximum atomic E-state index is 13.2. The van der Waals surface area contributed by atoms with Gasteiger partial charge >= 0.3 is 0 Å². The van der Waals surface area contributed by atoms with Gasteiger partial charge in [-0.05, 0) is 29.8 Å². The number of aromatic nitrogens is 5. The number of anilines is 1. The van der Waals surface area contributed by atoms with Crippen molar-refractivity contribution in [3.05, 3.63) is 83.2 Å². The van der Waals surface area contributed by atoms with E-state index < -0.39 is 0 Å². The third-order valence-corrected chi connectivity index (χ3v) is 5.39. The van der Waals surface area contributed by atoms with E-state index in [0.717, 1.165) is 22.0 Å². The van der Waals surface area contributed by atoms with Gasteiger partial charge in [0.1, 0.15) is 17.9 Å². The number of hydrogen-bond donors (Lipinski definition) is 2. The van der Waals surface area contributed by atoms with Crippen molar-refractivity contribution in [2.24, 2.45) is 0 Å². The van der Waals surface area contributed by atoms with Crippen LogP contribution in [0.5, 0.6) is 0 Å². The molecule has 3 aromatic heterocycles. The van der Waals surface area contributed by atoms with Crippen LogP contribution in [0.25, 0.3) is 27.5 Å². The Morgan fingerprint density at radius 1 is 1.09 bits per heavy atom. The van der Waals surface area contributed by atoms with Crippen LogP contribution in [-0.4, -0.2) is 30.3 Å². The Hall–Kier alpha value is -4.20. The summed E-state index contributed by atoms with van der Waals surface area (Å²) in [5.41, 5.74) is 3.58. The zero-order valence-electron chi connectivity index (χ0n) is 17.7. The second kappa shape index (κ2) is 7.81. The summed E-state index contributed by atoms with van der Waals surface area (Å²) in [6.07, 6.45) is 3.65. The molecule has 0 aliphatic rings. The highest BCUT2D eigenvalue weighted by Crippen LogP contribution is 2.23. The number of amides is 1. The molecule has 2 N–H and O–H groups in total. The Kier molecular flexibility index (Phi) is 4.82. The van der Waals surface area contributed by atoms with Gasteiger partial charge in [0.15, 0.2) is 0 Å². The minimum absolute atomic E-state index is 0.0613. The van der Waals surface area contributed by atoms with Crippen molar-refractivity contribution in [1.82, 2.24) is 24.4 Å². The number of carbonyl (C=O) groups is 1. The predicted molar refractivity (Wildman–Crippen MR) is 124 cm³/mol. The maximum Gasteiger partial charge on any atom is 0.291 e. The van der Waals surface area contributed by atoms with Gasteiger partial charge in [-0.1, -0.05) is 44.2 Å². The van der Waals surface area contributed by atoms with Gasteiger partial charge < -0.3 is 5.32 Å². The van der Waals surface area contributed by atoms with E-state index in [1.54, 1.807) is 18.3 Å². The Morgan fingerprint density at radius 2 is 1.91 bits per heavy atom. The molecule has 0 saturated heterocycles. The molecule has 160 valence electrons. The van der Waals surface area contributed by atoms with Crippen molar-refractivity contribution in [2.75, 3.05) is 5.32 Å². The summed E-state index contributed by atoms with van der Waals surface area (Å²) in [5.74, 6) is 0.451. The number of nitrogens with one attached hydrogen (secondary N) is 2. The number of fused-ring (bicyclic) bond motifs is 2. The number of benzene rings is 2. The van der Waals surface area contributed by atoms with Gasteiger partial charge in [0.05, 0.1) is 11.7 Å². The molecular weight excluding hydrogens is 404 g/mol. The van der Waals surface area contributed by atoms with Crippen LogP contribution in [0.1, 0.15) is 25.6 Å². The second-order valence-electron chi connectivity index (χ2n) is 8.05. The van der Waals surface area contributed by atoms with Gasteiger partial charge in [-0.25, -0.2) is 4.68 Å². The van der Waals surface area contributed by atoms with Crippen molar-refractivity contribution in [2.45, 2.75) is 26.3 Å². The summed E-state index contributed by atoms with van der Waals surface area (Å²) in [4.78, 5) is 25.9. The lowest BCUT2D eigenvalue weighted by Gasteiger charge is -2.12. The van der Waals surface area contributed by atoms with Crippen LogP contribution in [0.4, 0.5) is 5.69 Å². The quantitative estimate of drug-likeness (QED) is 0.447. The van der Waals surface area contributed by atoms with Crippen molar-refractivity contribution < 1.29 is 4.79 Å². The molecule has 0 aliphatic carbocycles. The highest BCUT2D eigenvalue weighted by molar-refractivity contribution is 5.93. The van der Waals surface area contributed by atoms with Gasteiger partial charge in [0, 0.05) is 28.8 Å². The van der Waals surface area contributed by atoms with E-state index in [4.69, 9.17) is 0 Å². The third kappa shape index (κ3) is 3.56. The normalized spacial score (nSPS) is 11.5. The Balaban J connectivity index is 1.49. The first-order valence-corrected chi connectivity index (χ1v) is 10.4. The Labute approximate surface area is 183 Å². The fraction of sp³-hybridized carbons (Fsp3) is 0.167. The van der Waals surface area contributed by atoms with Crippen LogP contribution in [0.2, 0.25) is 0 Å². The molecule has 8 heteroatoms. The highest BCUT2D eigenvalue weighted by Gasteiger charge is 2.17. The first-order valence-electron chi connectivity index (χ1n) is 10.4. The molecule has 32 heavy (non-hydrogen) atoms. The van der Waals surface area contributed by atoms with Crippen molar-refractivity contribution >= 4 is 28.0 Å². The Bertz CT molecular complexity index is 1490. The fourth-order valence-electron chi connectivity index (χ4n) is 3.81. The Morgan fingerprint density at radius 3 is 2.69 bits per heavy atom. The minimum Gasteiger partial charge on any atom is -0.324 e. The van der Waals surface area contributed by atoms with Crippen LogP contribution in [0.3, 0.4) is 0 Å². The summed E-state index contributed by atoms with van der Waals surface area (Å²) < 4.78 is 3.07. The van der Waals surface area contributed by atoms with Gasteiger partial charge in [0.2, 0.25) is 5.91 Å². The first kappa shape index (κ1) is 19.7. The zero-order chi connectivity index (χ0) is 22.2. The zero-order valence-corrected chi connectivity index (χ0v) is 17.7. The van der Waals surface area contributed by atoms with Crippen LogP contribution in [0, 0.1) is 0 Å². The van der Waals surface area contributed by atoms with E-state index in [2.05, 4.69) is 20.6 Å². The number of nitrogens with zero attached hydrogens (tertiary/aromatic N) is 4. The molecule has 5 aromatic rings. The van der Waals surface area contributed by atoms with Crippen LogP contribution >= 0.6 is 0 Å². The molecule has 0 saturated carbocycles. The van der Waals surface area contributed by atoms with E-state index in [1.807, 2.05) is 66.9 Å². The molecule has 1 amide bonds. The fourth-order valence-corrected chi connectivity index (χ4v) is 3.81. The lowest BCUT2D eigenvalue weighted by atomic mass is 10.1. The first-order chi connectivity index (χ1) is 15.5. The molecule has 2 aromatic carbocycles. The summed E-state index contributed by atoms with van der Waals surface area (Å²) in [7, 11) is 0. The second-order valence-corrected chi connectivity index (χ2v) is 8.05. The number of carbonyl (C=O) groups excluding carboxylic acids is 1. The SMILES string of the molecule is CC(C)c1nn(CC(=O)Nc2ccc3cn[nH]c3c2)c(=O)c2cc(-c3ccccc3)cn12. The number of H-pyrrole nitrogens is 1. The van der Waals surface area contributed by atoms with Gasteiger partial charge in [-0.2, -0.15) is 10.2 Å². The molecule has 0 unspecified atom stereocenters.